The van der Waals surface area contributed by atoms with Gasteiger partial charge in [-0.25, -0.2) is 0 Å². The molecule has 0 N–H and O–H groups in total. The van der Waals surface area contributed by atoms with Crippen LogP contribution in [0.25, 0.3) is 0 Å². The summed E-state index contributed by atoms with van der Waals surface area (Å²) in [4.78, 5) is 34.1. The number of fused-ring (bicyclic) bond motifs is 3. The van der Waals surface area contributed by atoms with Crippen LogP contribution in [0.4, 0.5) is 5.69 Å². The molecular formula is C23H26N2O4. The highest BCUT2D eigenvalue weighted by Gasteiger charge is 2.71. The zero-order chi connectivity index (χ0) is 20.8. The zero-order valence-electron chi connectivity index (χ0n) is 17.2. The lowest BCUT2D eigenvalue weighted by atomic mass is 9.61. The van der Waals surface area contributed by atoms with Crippen LogP contribution in [0.1, 0.15) is 31.4 Å². The molecule has 0 bridgehead atoms. The molecule has 152 valence electrons. The predicted octanol–water partition coefficient (Wildman–Crippen LogP) is 3.26. The van der Waals surface area contributed by atoms with Crippen molar-refractivity contribution in [2.24, 2.45) is 5.41 Å². The van der Waals surface area contributed by atoms with Crippen LogP contribution >= 0.6 is 0 Å². The van der Waals surface area contributed by atoms with Gasteiger partial charge >= 0.3 is 5.97 Å². The minimum absolute atomic E-state index is 0.0967. The predicted molar refractivity (Wildman–Crippen MR) is 109 cm³/mol. The van der Waals surface area contributed by atoms with Crippen LogP contribution in [0.5, 0.6) is 0 Å². The number of para-hydroxylation sites is 1. The maximum absolute atomic E-state index is 13.5. The third-order valence-corrected chi connectivity index (χ3v) is 6.51. The fourth-order valence-corrected chi connectivity index (χ4v) is 4.91. The molecular weight excluding hydrogens is 368 g/mol. The summed E-state index contributed by atoms with van der Waals surface area (Å²) < 4.78 is 5.03. The molecule has 2 aromatic rings. The Morgan fingerprint density at radius 3 is 2.41 bits per heavy atom. The number of amides is 1. The lowest BCUT2D eigenvalue weighted by Crippen LogP contribution is -2.51. The Balaban J connectivity index is 1.80. The Hall–Kier alpha value is -2.86. The van der Waals surface area contributed by atoms with Gasteiger partial charge in [-0.3, -0.25) is 14.4 Å². The quantitative estimate of drug-likeness (QED) is 0.729. The van der Waals surface area contributed by atoms with Crippen molar-refractivity contribution in [3.63, 3.8) is 0 Å². The number of anilines is 1. The molecule has 2 aliphatic rings. The molecule has 2 aromatic carbocycles. The van der Waals surface area contributed by atoms with Gasteiger partial charge in [0.1, 0.15) is 12.8 Å². The van der Waals surface area contributed by atoms with Gasteiger partial charge in [0, 0.05) is 12.7 Å². The zero-order valence-corrected chi connectivity index (χ0v) is 17.2. The highest BCUT2D eigenvalue weighted by Crippen LogP contribution is 2.61. The van der Waals surface area contributed by atoms with E-state index in [1.165, 1.54) is 12.2 Å². The highest BCUT2D eigenvalue weighted by atomic mass is 16.7. The maximum atomic E-state index is 13.5. The first-order valence-electron chi connectivity index (χ1n) is 9.74. The van der Waals surface area contributed by atoms with Crippen molar-refractivity contribution in [1.29, 1.82) is 0 Å². The molecule has 2 atom stereocenters. The molecule has 4 rings (SSSR count). The van der Waals surface area contributed by atoms with Gasteiger partial charge in [-0.1, -0.05) is 48.5 Å². The summed E-state index contributed by atoms with van der Waals surface area (Å²) in [5.41, 5.74) is 1.31. The van der Waals surface area contributed by atoms with Crippen molar-refractivity contribution < 1.29 is 19.2 Å². The second kappa shape index (κ2) is 6.88. The van der Waals surface area contributed by atoms with Gasteiger partial charge in [0.25, 0.3) is 5.91 Å². The number of hydrogen-bond donors (Lipinski definition) is 0. The topological polar surface area (TPSA) is 59.1 Å². The van der Waals surface area contributed by atoms with E-state index in [9.17, 15) is 9.59 Å². The van der Waals surface area contributed by atoms with Crippen molar-refractivity contribution in [2.45, 2.75) is 38.5 Å². The van der Waals surface area contributed by atoms with E-state index in [1.807, 2.05) is 80.4 Å². The number of nitrogens with zero attached hydrogens (tertiary/aromatic N) is 2. The SMILES string of the molecule is COC(=O)CC12c3ccccc3N(C)C1N(OCc1ccccc1)C(=O)C2(C)C. The number of likely N-dealkylation sites (N-methyl/N-ethyl adjacent to an activating group) is 1. The van der Waals surface area contributed by atoms with Crippen molar-refractivity contribution in [2.75, 3.05) is 19.1 Å². The first-order chi connectivity index (χ1) is 13.8. The molecule has 2 heterocycles. The third-order valence-electron chi connectivity index (χ3n) is 6.51. The smallest absolute Gasteiger partial charge is 0.306 e. The summed E-state index contributed by atoms with van der Waals surface area (Å²) in [6.45, 7) is 4.07. The summed E-state index contributed by atoms with van der Waals surface area (Å²) in [6, 6.07) is 17.7. The molecule has 0 aliphatic carbocycles. The summed E-state index contributed by atoms with van der Waals surface area (Å²) in [5.74, 6) is -0.477. The van der Waals surface area contributed by atoms with E-state index in [4.69, 9.17) is 9.57 Å². The number of methoxy groups -OCH3 is 1. The molecule has 2 unspecified atom stereocenters. The molecule has 0 saturated carbocycles. The summed E-state index contributed by atoms with van der Waals surface area (Å²) in [5, 5.41) is 1.47. The Morgan fingerprint density at radius 2 is 1.72 bits per heavy atom. The molecule has 0 aromatic heterocycles. The molecule has 0 radical (unpaired) electrons. The lowest BCUT2D eigenvalue weighted by molar-refractivity contribution is -0.198. The van der Waals surface area contributed by atoms with Crippen LogP contribution in [0.15, 0.2) is 54.6 Å². The molecule has 1 fully saturated rings. The van der Waals surface area contributed by atoms with Gasteiger partial charge in [0.05, 0.1) is 24.4 Å². The highest BCUT2D eigenvalue weighted by molar-refractivity contribution is 5.92. The van der Waals surface area contributed by atoms with Crippen molar-refractivity contribution in [1.82, 2.24) is 5.06 Å². The minimum Gasteiger partial charge on any atom is -0.469 e. The monoisotopic (exact) mass is 394 g/mol. The summed E-state index contributed by atoms with van der Waals surface area (Å²) >= 11 is 0. The van der Waals surface area contributed by atoms with Crippen LogP contribution in [-0.4, -0.2) is 37.3 Å². The Morgan fingerprint density at radius 1 is 1.07 bits per heavy atom. The van der Waals surface area contributed by atoms with E-state index < -0.39 is 17.0 Å². The van der Waals surface area contributed by atoms with Crippen LogP contribution in [0.3, 0.4) is 0 Å². The van der Waals surface area contributed by atoms with Gasteiger partial charge in [0.2, 0.25) is 0 Å². The molecule has 6 heteroatoms. The number of ether oxygens (including phenoxy) is 1. The van der Waals surface area contributed by atoms with Crippen molar-refractivity contribution in [3.05, 3.63) is 65.7 Å². The van der Waals surface area contributed by atoms with Crippen LogP contribution in [-0.2, 0) is 31.2 Å². The second-order valence-corrected chi connectivity index (χ2v) is 8.24. The van der Waals surface area contributed by atoms with E-state index in [1.54, 1.807) is 0 Å². The third kappa shape index (κ3) is 2.66. The summed E-state index contributed by atoms with van der Waals surface area (Å²) in [6.07, 6.45) is -0.343. The number of esters is 1. The molecule has 0 spiro atoms. The first-order valence-corrected chi connectivity index (χ1v) is 9.74. The average molecular weight is 394 g/mol. The number of benzene rings is 2. The molecule has 6 nitrogen and oxygen atoms in total. The van der Waals surface area contributed by atoms with Crippen molar-refractivity contribution >= 4 is 17.6 Å². The molecule has 29 heavy (non-hydrogen) atoms. The van der Waals surface area contributed by atoms with E-state index in [-0.39, 0.29) is 24.9 Å². The standard InChI is InChI=1S/C23H26N2O4/c1-22(2)21(27)25(29-15-16-10-6-5-7-11-16)20-23(22,14-19(26)28-4)17-12-8-9-13-18(17)24(20)3/h5-13,20H,14-15H2,1-4H3. The normalized spacial score (nSPS) is 24.4. The first kappa shape index (κ1) is 19.5. The van der Waals surface area contributed by atoms with E-state index in [0.29, 0.717) is 0 Å². The van der Waals surface area contributed by atoms with E-state index in [2.05, 4.69) is 0 Å². The molecule has 1 amide bonds. The number of rotatable bonds is 5. The van der Waals surface area contributed by atoms with Gasteiger partial charge in [0.15, 0.2) is 0 Å². The van der Waals surface area contributed by atoms with Gasteiger partial charge in [-0.05, 0) is 31.0 Å². The molecule has 1 saturated heterocycles. The average Bonchev–Trinajstić information content (AvgIpc) is 3.07. The Kier molecular flexibility index (Phi) is 4.62. The number of carbonyl (C=O) groups excluding carboxylic acids is 2. The fourth-order valence-electron chi connectivity index (χ4n) is 4.91. The van der Waals surface area contributed by atoms with Crippen LogP contribution in [0, 0.1) is 5.41 Å². The Bertz CT molecular complexity index is 943. The van der Waals surface area contributed by atoms with Crippen LogP contribution < -0.4 is 4.90 Å². The Labute approximate surface area is 171 Å². The lowest BCUT2D eigenvalue weighted by Gasteiger charge is -2.39. The van der Waals surface area contributed by atoms with E-state index in [0.717, 1.165) is 16.8 Å². The van der Waals surface area contributed by atoms with Gasteiger partial charge < -0.3 is 9.64 Å². The maximum Gasteiger partial charge on any atom is 0.306 e. The fraction of sp³-hybridized carbons (Fsp3) is 0.391. The minimum atomic E-state index is -0.858. The van der Waals surface area contributed by atoms with Crippen LogP contribution in [0.2, 0.25) is 0 Å². The van der Waals surface area contributed by atoms with Gasteiger partial charge in [-0.15, -0.1) is 0 Å². The number of carbonyl (C=O) groups is 2. The van der Waals surface area contributed by atoms with E-state index >= 15 is 0 Å². The summed E-state index contributed by atoms with van der Waals surface area (Å²) in [7, 11) is 3.32. The molecule has 2 aliphatic heterocycles. The van der Waals surface area contributed by atoms with Gasteiger partial charge in [-0.2, -0.15) is 5.06 Å². The second-order valence-electron chi connectivity index (χ2n) is 8.24. The number of hydroxylamine groups is 2. The number of hydrogen-bond acceptors (Lipinski definition) is 5. The van der Waals surface area contributed by atoms with Crippen molar-refractivity contribution in [3.8, 4) is 0 Å². The largest absolute Gasteiger partial charge is 0.469 e.